The van der Waals surface area contributed by atoms with Crippen LogP contribution in [0, 0.1) is 5.92 Å². The first kappa shape index (κ1) is 14.5. The van der Waals surface area contributed by atoms with Crippen molar-refractivity contribution < 1.29 is 5.11 Å². The molecule has 0 spiro atoms. The number of nitrogens with one attached hydrogen (secondary N) is 1. The van der Waals surface area contributed by atoms with Crippen LogP contribution in [-0.4, -0.2) is 11.1 Å². The monoisotopic (exact) mass is 261 g/mol. The van der Waals surface area contributed by atoms with Crippen molar-refractivity contribution in [3.63, 3.8) is 0 Å². The molecule has 1 aliphatic carbocycles. The molecule has 1 saturated carbocycles. The zero-order valence-corrected chi connectivity index (χ0v) is 12.1. The standard InChI is InChI=1S/C17H27NO/c1-14(17-6-4-2-3-5-7-17)18-12-15-8-10-16(13-19)11-9-15/h8-11,14,17-19H,2-7,12-13H2,1H3/t14-/m0/s1. The van der Waals surface area contributed by atoms with Gasteiger partial charge < -0.3 is 10.4 Å². The molecule has 0 heterocycles. The van der Waals surface area contributed by atoms with Gasteiger partial charge in [-0.15, -0.1) is 0 Å². The maximum atomic E-state index is 9.03. The molecule has 1 fully saturated rings. The lowest BCUT2D eigenvalue weighted by Gasteiger charge is -2.23. The van der Waals surface area contributed by atoms with Gasteiger partial charge in [-0.1, -0.05) is 49.9 Å². The van der Waals surface area contributed by atoms with E-state index in [1.165, 1.54) is 44.1 Å². The van der Waals surface area contributed by atoms with E-state index in [0.717, 1.165) is 18.0 Å². The third-order valence-corrected chi connectivity index (χ3v) is 4.44. The highest BCUT2D eigenvalue weighted by Crippen LogP contribution is 2.25. The Morgan fingerprint density at radius 2 is 1.63 bits per heavy atom. The van der Waals surface area contributed by atoms with Crippen molar-refractivity contribution in [1.82, 2.24) is 5.32 Å². The first-order chi connectivity index (χ1) is 9.29. The summed E-state index contributed by atoms with van der Waals surface area (Å²) in [6.07, 6.45) is 8.43. The van der Waals surface area contributed by atoms with E-state index in [9.17, 15) is 0 Å². The third-order valence-electron chi connectivity index (χ3n) is 4.44. The van der Waals surface area contributed by atoms with Gasteiger partial charge in [0, 0.05) is 12.6 Å². The van der Waals surface area contributed by atoms with Crippen LogP contribution in [0.15, 0.2) is 24.3 Å². The smallest absolute Gasteiger partial charge is 0.0681 e. The Morgan fingerprint density at radius 3 is 2.21 bits per heavy atom. The van der Waals surface area contributed by atoms with Gasteiger partial charge in [-0.25, -0.2) is 0 Å². The van der Waals surface area contributed by atoms with E-state index in [4.69, 9.17) is 5.11 Å². The minimum absolute atomic E-state index is 0.131. The van der Waals surface area contributed by atoms with Gasteiger partial charge in [0.2, 0.25) is 0 Å². The van der Waals surface area contributed by atoms with Crippen LogP contribution in [0.4, 0.5) is 0 Å². The van der Waals surface area contributed by atoms with E-state index in [1.54, 1.807) is 0 Å². The topological polar surface area (TPSA) is 32.3 Å². The first-order valence-corrected chi connectivity index (χ1v) is 7.71. The molecular weight excluding hydrogens is 234 g/mol. The maximum absolute atomic E-state index is 9.03. The second-order valence-electron chi connectivity index (χ2n) is 5.90. The molecule has 1 atom stereocenters. The van der Waals surface area contributed by atoms with Crippen LogP contribution in [0.3, 0.4) is 0 Å². The summed E-state index contributed by atoms with van der Waals surface area (Å²) in [5, 5.41) is 12.7. The van der Waals surface area contributed by atoms with Gasteiger partial charge >= 0.3 is 0 Å². The number of aliphatic hydroxyl groups is 1. The van der Waals surface area contributed by atoms with Crippen LogP contribution in [0.5, 0.6) is 0 Å². The largest absolute Gasteiger partial charge is 0.392 e. The summed E-state index contributed by atoms with van der Waals surface area (Å²) in [6, 6.07) is 8.84. The first-order valence-electron chi connectivity index (χ1n) is 7.71. The minimum Gasteiger partial charge on any atom is -0.392 e. The summed E-state index contributed by atoms with van der Waals surface area (Å²) >= 11 is 0. The van der Waals surface area contributed by atoms with E-state index in [-0.39, 0.29) is 6.61 Å². The van der Waals surface area contributed by atoms with Crippen molar-refractivity contribution in [3.05, 3.63) is 35.4 Å². The van der Waals surface area contributed by atoms with Crippen molar-refractivity contribution in [2.24, 2.45) is 5.92 Å². The predicted molar refractivity (Wildman–Crippen MR) is 79.9 cm³/mol. The summed E-state index contributed by atoms with van der Waals surface area (Å²) in [6.45, 7) is 3.40. The van der Waals surface area contributed by atoms with Gasteiger partial charge in [-0.3, -0.25) is 0 Å². The summed E-state index contributed by atoms with van der Waals surface area (Å²) in [5.74, 6) is 0.846. The van der Waals surface area contributed by atoms with Gasteiger partial charge in [0.25, 0.3) is 0 Å². The van der Waals surface area contributed by atoms with Gasteiger partial charge in [0.15, 0.2) is 0 Å². The second kappa shape index (κ2) is 7.66. The van der Waals surface area contributed by atoms with Gasteiger partial charge in [0.05, 0.1) is 6.61 Å². The van der Waals surface area contributed by atoms with Crippen molar-refractivity contribution in [3.8, 4) is 0 Å². The lowest BCUT2D eigenvalue weighted by Crippen LogP contribution is -2.32. The van der Waals surface area contributed by atoms with E-state index in [1.807, 2.05) is 12.1 Å². The Hall–Kier alpha value is -0.860. The Balaban J connectivity index is 1.79. The number of benzene rings is 1. The molecule has 0 aliphatic heterocycles. The second-order valence-corrected chi connectivity index (χ2v) is 5.90. The number of hydrogen-bond donors (Lipinski definition) is 2. The van der Waals surface area contributed by atoms with Crippen LogP contribution in [0.2, 0.25) is 0 Å². The lowest BCUT2D eigenvalue weighted by molar-refractivity contribution is 0.282. The molecule has 0 bridgehead atoms. The molecule has 1 aliphatic rings. The molecule has 2 nitrogen and oxygen atoms in total. The van der Waals surface area contributed by atoms with Crippen molar-refractivity contribution in [2.75, 3.05) is 0 Å². The summed E-state index contributed by atoms with van der Waals surface area (Å²) in [7, 11) is 0. The van der Waals surface area contributed by atoms with E-state index in [0.29, 0.717) is 6.04 Å². The molecule has 0 amide bonds. The summed E-state index contributed by atoms with van der Waals surface area (Å²) in [5.41, 5.74) is 2.29. The highest BCUT2D eigenvalue weighted by Gasteiger charge is 2.18. The Bertz CT molecular complexity index is 352. The zero-order chi connectivity index (χ0) is 13.5. The van der Waals surface area contributed by atoms with Crippen LogP contribution < -0.4 is 5.32 Å². The number of rotatable bonds is 5. The highest BCUT2D eigenvalue weighted by atomic mass is 16.3. The van der Waals surface area contributed by atoms with E-state index >= 15 is 0 Å². The molecule has 1 aromatic carbocycles. The third kappa shape index (κ3) is 4.63. The predicted octanol–water partition coefficient (Wildman–Crippen LogP) is 3.63. The molecule has 0 aromatic heterocycles. The van der Waals surface area contributed by atoms with Crippen LogP contribution in [0.1, 0.15) is 56.6 Å². The highest BCUT2D eigenvalue weighted by molar-refractivity contribution is 5.21. The minimum atomic E-state index is 0.131. The van der Waals surface area contributed by atoms with Crippen LogP contribution in [-0.2, 0) is 13.2 Å². The average molecular weight is 261 g/mol. The summed E-state index contributed by atoms with van der Waals surface area (Å²) < 4.78 is 0. The molecule has 1 aromatic rings. The van der Waals surface area contributed by atoms with Crippen molar-refractivity contribution >= 4 is 0 Å². The molecule has 2 rings (SSSR count). The molecule has 0 unspecified atom stereocenters. The fraction of sp³-hybridized carbons (Fsp3) is 0.647. The van der Waals surface area contributed by atoms with Crippen molar-refractivity contribution in [2.45, 2.75) is 64.6 Å². The van der Waals surface area contributed by atoms with Gasteiger partial charge in [0.1, 0.15) is 0 Å². The van der Waals surface area contributed by atoms with E-state index in [2.05, 4.69) is 24.4 Å². The Kier molecular flexibility index (Phi) is 5.87. The molecule has 0 saturated heterocycles. The molecule has 2 heteroatoms. The van der Waals surface area contributed by atoms with E-state index < -0.39 is 0 Å². The van der Waals surface area contributed by atoms with Crippen molar-refractivity contribution in [1.29, 1.82) is 0 Å². The Morgan fingerprint density at radius 1 is 1.05 bits per heavy atom. The normalized spacial score (nSPS) is 19.1. The number of hydrogen-bond acceptors (Lipinski definition) is 2. The number of aliphatic hydroxyl groups excluding tert-OH is 1. The zero-order valence-electron chi connectivity index (χ0n) is 12.1. The quantitative estimate of drug-likeness (QED) is 0.793. The SMILES string of the molecule is C[C@H](NCc1ccc(CO)cc1)C1CCCCCC1. The molecule has 0 radical (unpaired) electrons. The molecule has 106 valence electrons. The fourth-order valence-electron chi connectivity index (χ4n) is 3.02. The summed E-state index contributed by atoms with van der Waals surface area (Å²) in [4.78, 5) is 0. The lowest BCUT2D eigenvalue weighted by atomic mass is 9.93. The Labute approximate surface area is 117 Å². The van der Waals surface area contributed by atoms with Gasteiger partial charge in [-0.05, 0) is 36.8 Å². The van der Waals surface area contributed by atoms with Crippen LogP contribution >= 0.6 is 0 Å². The average Bonchev–Trinajstić information content (AvgIpc) is 2.74. The maximum Gasteiger partial charge on any atom is 0.0681 e. The molecule has 2 N–H and O–H groups in total. The van der Waals surface area contributed by atoms with Gasteiger partial charge in [-0.2, -0.15) is 0 Å². The van der Waals surface area contributed by atoms with Crippen LogP contribution in [0.25, 0.3) is 0 Å². The fourth-order valence-corrected chi connectivity index (χ4v) is 3.02. The molecule has 19 heavy (non-hydrogen) atoms. The molecular formula is C17H27NO.